The highest BCUT2D eigenvalue weighted by Crippen LogP contribution is 2.53. The van der Waals surface area contributed by atoms with Gasteiger partial charge in [-0.2, -0.15) is 28.6 Å². The van der Waals surface area contributed by atoms with Crippen LogP contribution in [0.2, 0.25) is 0 Å². The van der Waals surface area contributed by atoms with Crippen LogP contribution < -0.4 is 0 Å². The number of nitrogens with zero attached hydrogens (tertiary/aromatic N) is 4. The van der Waals surface area contributed by atoms with Crippen molar-refractivity contribution in [2.24, 2.45) is 11.3 Å². The van der Waals surface area contributed by atoms with Crippen LogP contribution in [0.3, 0.4) is 0 Å². The van der Waals surface area contributed by atoms with Crippen molar-refractivity contribution in [1.82, 2.24) is 25.2 Å². The van der Waals surface area contributed by atoms with Crippen LogP contribution in [-0.4, -0.2) is 71.3 Å². The Hall–Kier alpha value is -2.63. The molecule has 0 bridgehead atoms. The first-order valence-electron chi connectivity index (χ1n) is 10.9. The van der Waals surface area contributed by atoms with E-state index in [1.807, 2.05) is 9.80 Å². The highest BCUT2D eigenvalue weighted by Gasteiger charge is 2.54. The number of H-pyrrole nitrogens is 1. The molecule has 2 saturated heterocycles. The van der Waals surface area contributed by atoms with E-state index in [1.165, 1.54) is 12.1 Å². The van der Waals surface area contributed by atoms with Gasteiger partial charge in [-0.3, -0.25) is 0 Å². The van der Waals surface area contributed by atoms with E-state index in [1.54, 1.807) is 6.20 Å². The van der Waals surface area contributed by atoms with E-state index in [0.717, 1.165) is 55.7 Å². The summed E-state index contributed by atoms with van der Waals surface area (Å²) in [6, 6.07) is 5.03. The second-order valence-corrected chi connectivity index (χ2v) is 11.5. The van der Waals surface area contributed by atoms with E-state index < -0.39 is 20.2 Å². The van der Waals surface area contributed by atoms with Crippen molar-refractivity contribution in [2.75, 3.05) is 26.2 Å². The van der Waals surface area contributed by atoms with Crippen molar-refractivity contribution in [3.63, 3.8) is 0 Å². The fraction of sp³-hybridized carbons (Fsp3) is 0.571. The lowest BCUT2D eigenvalue weighted by Crippen LogP contribution is -2.65. The molecule has 2 aliphatic heterocycles. The minimum Gasteiger partial charge on any atom is -0.324 e. The van der Waals surface area contributed by atoms with E-state index in [4.69, 9.17) is 0 Å². The third kappa shape index (κ3) is 3.98. The van der Waals surface area contributed by atoms with Gasteiger partial charge in [0.1, 0.15) is 0 Å². The Morgan fingerprint density at radius 2 is 1.85 bits per heavy atom. The zero-order chi connectivity index (χ0) is 23.4. The number of likely N-dealkylation sites (tertiary alicyclic amines) is 2. The Bertz CT molecular complexity index is 1120. The molecule has 0 radical (unpaired) electrons. The van der Waals surface area contributed by atoms with Gasteiger partial charge in [0.15, 0.2) is 0 Å². The summed E-state index contributed by atoms with van der Waals surface area (Å²) >= 11 is 0. The molecule has 5 rings (SSSR count). The number of aromatic amines is 1. The maximum absolute atomic E-state index is 12.8. The fourth-order valence-electron chi connectivity index (χ4n) is 5.52. The number of carbonyl (C=O) groups is 1. The first-order valence-corrected chi connectivity index (χ1v) is 12.3. The second kappa shape index (κ2) is 7.71. The number of aromatic nitrogens is 3. The van der Waals surface area contributed by atoms with Crippen molar-refractivity contribution in [3.8, 4) is 0 Å². The number of hydrogen-bond acceptors (Lipinski definition) is 5. The van der Waals surface area contributed by atoms with Crippen LogP contribution in [0.25, 0.3) is 0 Å². The average molecular weight is 484 g/mol. The molecule has 1 spiro atoms. The van der Waals surface area contributed by atoms with E-state index in [9.17, 15) is 26.4 Å². The predicted octanol–water partition coefficient (Wildman–Crippen LogP) is 2.96. The largest absolute Gasteiger partial charge is 0.501 e. The maximum Gasteiger partial charge on any atom is 0.501 e. The van der Waals surface area contributed by atoms with Crippen LogP contribution in [-0.2, 0) is 16.3 Å². The Morgan fingerprint density at radius 3 is 2.45 bits per heavy atom. The number of benzene rings is 1. The molecule has 1 saturated carbocycles. The highest BCUT2D eigenvalue weighted by atomic mass is 32.2. The molecule has 1 atom stereocenters. The monoisotopic (exact) mass is 483 g/mol. The fourth-order valence-corrected chi connectivity index (χ4v) is 6.28. The number of carbonyl (C=O) groups excluding carboxylic acids is 1. The standard InChI is InChI=1S/C21H24F3N5O3S/c22-21(23,24)33(31,32)17-3-1-14(2-4-17)7-15-8-20(9-15)12-29(13-20)19(30)28-6-5-16(11-28)18-10-25-27-26-18/h1-4,10,15-16H,5-9,11-13H2,(H,25,26,27)/t16-/m0/s1. The highest BCUT2D eigenvalue weighted by molar-refractivity contribution is 7.92. The van der Waals surface area contributed by atoms with Gasteiger partial charge in [0.05, 0.1) is 16.8 Å². The summed E-state index contributed by atoms with van der Waals surface area (Å²) in [4.78, 5) is 15.8. The lowest BCUT2D eigenvalue weighted by molar-refractivity contribution is -0.0753. The Balaban J connectivity index is 1.09. The number of nitrogens with one attached hydrogen (secondary N) is 1. The van der Waals surface area contributed by atoms with E-state index in [0.29, 0.717) is 25.4 Å². The van der Waals surface area contributed by atoms with Crippen LogP contribution in [0.15, 0.2) is 35.4 Å². The Labute approximate surface area is 189 Å². The topological polar surface area (TPSA) is 99.3 Å². The predicted molar refractivity (Wildman–Crippen MR) is 111 cm³/mol. The normalized spacial score (nSPS) is 22.9. The number of sulfone groups is 1. The van der Waals surface area contributed by atoms with Gasteiger partial charge < -0.3 is 9.80 Å². The summed E-state index contributed by atoms with van der Waals surface area (Å²) in [7, 11) is -5.31. The quantitative estimate of drug-likeness (QED) is 0.721. The zero-order valence-corrected chi connectivity index (χ0v) is 18.6. The molecule has 3 fully saturated rings. The summed E-state index contributed by atoms with van der Waals surface area (Å²) in [6.45, 7) is 2.83. The third-order valence-corrected chi connectivity index (χ3v) is 8.64. The summed E-state index contributed by atoms with van der Waals surface area (Å²) in [5, 5.41) is 10.6. The zero-order valence-electron chi connectivity index (χ0n) is 17.8. The van der Waals surface area contributed by atoms with Gasteiger partial charge in [-0.1, -0.05) is 12.1 Å². The molecule has 1 aromatic heterocycles. The minimum absolute atomic E-state index is 0.0662. The number of amides is 2. The van der Waals surface area contributed by atoms with Crippen LogP contribution in [0.4, 0.5) is 18.0 Å². The molecule has 1 aromatic carbocycles. The number of urea groups is 1. The lowest BCUT2D eigenvalue weighted by atomic mass is 9.56. The molecule has 2 amide bonds. The lowest BCUT2D eigenvalue weighted by Gasteiger charge is -2.59. The Morgan fingerprint density at radius 1 is 1.15 bits per heavy atom. The molecule has 33 heavy (non-hydrogen) atoms. The first-order chi connectivity index (χ1) is 15.6. The first kappa shape index (κ1) is 22.2. The number of rotatable bonds is 4. The van der Waals surface area contributed by atoms with Crippen LogP contribution in [0, 0.1) is 11.3 Å². The van der Waals surface area contributed by atoms with Gasteiger partial charge in [-0.05, 0) is 49.3 Å². The third-order valence-electron chi connectivity index (χ3n) is 7.14. The number of halogens is 3. The van der Waals surface area contributed by atoms with Gasteiger partial charge >= 0.3 is 11.5 Å². The van der Waals surface area contributed by atoms with Crippen molar-refractivity contribution < 1.29 is 26.4 Å². The molecule has 1 N–H and O–H groups in total. The summed E-state index contributed by atoms with van der Waals surface area (Å²) < 4.78 is 61.0. The molecule has 12 heteroatoms. The molecule has 3 heterocycles. The van der Waals surface area contributed by atoms with Crippen LogP contribution >= 0.6 is 0 Å². The molecule has 178 valence electrons. The molecular formula is C21H24F3N5O3S. The number of alkyl halides is 3. The van der Waals surface area contributed by atoms with Gasteiger partial charge in [0.25, 0.3) is 9.84 Å². The summed E-state index contributed by atoms with van der Waals surface area (Å²) in [5.74, 6) is 0.601. The smallest absolute Gasteiger partial charge is 0.324 e. The van der Waals surface area contributed by atoms with Crippen molar-refractivity contribution in [3.05, 3.63) is 41.7 Å². The SMILES string of the molecule is O=C(N1CC[C@H](c2cn[nH]n2)C1)N1CC2(CC(Cc3ccc(S(=O)(=O)C(F)(F)F)cc3)C2)C1. The van der Waals surface area contributed by atoms with Crippen LogP contribution in [0.1, 0.15) is 36.4 Å². The van der Waals surface area contributed by atoms with E-state index in [-0.39, 0.29) is 17.4 Å². The van der Waals surface area contributed by atoms with Gasteiger partial charge in [0, 0.05) is 37.5 Å². The molecule has 2 aromatic rings. The average Bonchev–Trinajstić information content (AvgIpc) is 3.39. The van der Waals surface area contributed by atoms with Crippen molar-refractivity contribution >= 4 is 15.9 Å². The van der Waals surface area contributed by atoms with Crippen molar-refractivity contribution in [1.29, 1.82) is 0 Å². The van der Waals surface area contributed by atoms with Gasteiger partial charge in [0.2, 0.25) is 0 Å². The minimum atomic E-state index is -5.31. The van der Waals surface area contributed by atoms with Crippen LogP contribution in [0.5, 0.6) is 0 Å². The molecule has 8 nitrogen and oxygen atoms in total. The van der Waals surface area contributed by atoms with E-state index in [2.05, 4.69) is 15.4 Å². The van der Waals surface area contributed by atoms with Gasteiger partial charge in [-0.25, -0.2) is 13.2 Å². The number of hydrogen-bond donors (Lipinski definition) is 1. The molecule has 0 unspecified atom stereocenters. The molecule has 3 aliphatic rings. The maximum atomic E-state index is 12.8. The molecule has 1 aliphatic carbocycles. The summed E-state index contributed by atoms with van der Waals surface area (Å²) in [6.07, 6.45) is 5.19. The second-order valence-electron chi connectivity index (χ2n) is 9.54. The summed E-state index contributed by atoms with van der Waals surface area (Å²) in [5.41, 5.74) is -3.45. The Kier molecular flexibility index (Phi) is 5.18. The molecular weight excluding hydrogens is 459 g/mol. The van der Waals surface area contributed by atoms with E-state index >= 15 is 0 Å². The van der Waals surface area contributed by atoms with Gasteiger partial charge in [-0.15, -0.1) is 0 Å². The van der Waals surface area contributed by atoms with Crippen molar-refractivity contribution in [2.45, 2.75) is 42.0 Å².